The van der Waals surface area contributed by atoms with E-state index < -0.39 is 0 Å². The molecule has 1 aromatic heterocycles. The van der Waals surface area contributed by atoms with Gasteiger partial charge in [-0.3, -0.25) is 4.68 Å². The summed E-state index contributed by atoms with van der Waals surface area (Å²) < 4.78 is 7.78. The van der Waals surface area contributed by atoms with E-state index in [1.54, 1.807) is 6.20 Å². The first-order chi connectivity index (χ1) is 9.83. The lowest BCUT2D eigenvalue weighted by molar-refractivity contribution is 0.0986. The maximum atomic E-state index is 5.93. The molecule has 1 aliphatic heterocycles. The zero-order valence-electron chi connectivity index (χ0n) is 11.2. The van der Waals surface area contributed by atoms with E-state index in [0.29, 0.717) is 6.04 Å². The Labute approximate surface area is 123 Å². The molecule has 0 spiro atoms. The summed E-state index contributed by atoms with van der Waals surface area (Å²) in [6.07, 6.45) is 4.93. The molecule has 2 heterocycles. The van der Waals surface area contributed by atoms with Crippen molar-refractivity contribution in [2.24, 2.45) is 0 Å². The van der Waals surface area contributed by atoms with Crippen molar-refractivity contribution in [1.82, 2.24) is 15.1 Å². The van der Waals surface area contributed by atoms with Crippen LogP contribution in [0.1, 0.15) is 18.1 Å². The molecule has 1 fully saturated rings. The molecule has 2 aromatic rings. The molecule has 0 saturated carbocycles. The Bertz CT molecular complexity index is 527. The van der Waals surface area contributed by atoms with E-state index in [1.807, 2.05) is 41.2 Å². The minimum absolute atomic E-state index is 0.116. The van der Waals surface area contributed by atoms with Crippen LogP contribution in [0.25, 0.3) is 0 Å². The molecular weight excluding hydrogens is 274 g/mol. The van der Waals surface area contributed by atoms with Crippen LogP contribution >= 0.6 is 11.6 Å². The van der Waals surface area contributed by atoms with Crippen LogP contribution in [0, 0.1) is 0 Å². The molecular formula is C15H18ClN3O. The topological polar surface area (TPSA) is 39.1 Å². The second kappa shape index (κ2) is 6.39. The Kier molecular flexibility index (Phi) is 4.35. The predicted octanol–water partition coefficient (Wildman–Crippen LogP) is 2.66. The lowest BCUT2D eigenvalue weighted by atomic mass is 10.0. The number of ether oxygens (including phenoxy) is 1. The van der Waals surface area contributed by atoms with Crippen molar-refractivity contribution >= 4 is 11.6 Å². The van der Waals surface area contributed by atoms with Crippen molar-refractivity contribution in [3.63, 3.8) is 0 Å². The summed E-state index contributed by atoms with van der Waals surface area (Å²) in [4.78, 5) is 0. The van der Waals surface area contributed by atoms with Crippen LogP contribution in [0.4, 0.5) is 0 Å². The summed E-state index contributed by atoms with van der Waals surface area (Å²) in [5.74, 6) is 0. The van der Waals surface area contributed by atoms with E-state index in [1.165, 1.54) is 5.56 Å². The Balaban J connectivity index is 1.56. The molecule has 106 valence electrons. The highest BCUT2D eigenvalue weighted by atomic mass is 35.5. The average molecular weight is 292 g/mol. The number of benzene rings is 1. The second-order valence-corrected chi connectivity index (χ2v) is 5.40. The van der Waals surface area contributed by atoms with Gasteiger partial charge in [0.1, 0.15) is 0 Å². The molecule has 1 saturated heterocycles. The number of nitrogens with zero attached hydrogens (tertiary/aromatic N) is 2. The molecule has 1 N–H and O–H groups in total. The first kappa shape index (κ1) is 13.6. The summed E-state index contributed by atoms with van der Waals surface area (Å²) in [5.41, 5.74) is 1.18. The summed E-state index contributed by atoms with van der Waals surface area (Å²) in [5, 5.41) is 8.52. The first-order valence-electron chi connectivity index (χ1n) is 6.91. The van der Waals surface area contributed by atoms with Gasteiger partial charge in [-0.2, -0.15) is 5.10 Å². The van der Waals surface area contributed by atoms with Crippen molar-refractivity contribution in [2.75, 3.05) is 13.2 Å². The molecule has 5 heteroatoms. The van der Waals surface area contributed by atoms with Gasteiger partial charge < -0.3 is 10.1 Å². The van der Waals surface area contributed by atoms with Gasteiger partial charge in [0.2, 0.25) is 0 Å². The number of halogens is 1. The third-order valence-corrected chi connectivity index (χ3v) is 3.85. The van der Waals surface area contributed by atoms with Gasteiger partial charge >= 0.3 is 0 Å². The zero-order chi connectivity index (χ0) is 13.8. The molecule has 1 aromatic carbocycles. The monoisotopic (exact) mass is 291 g/mol. The van der Waals surface area contributed by atoms with Gasteiger partial charge in [0.15, 0.2) is 0 Å². The van der Waals surface area contributed by atoms with Crippen molar-refractivity contribution in [3.8, 4) is 0 Å². The minimum Gasteiger partial charge on any atom is -0.372 e. The van der Waals surface area contributed by atoms with Gasteiger partial charge in [-0.15, -0.1) is 0 Å². The van der Waals surface area contributed by atoms with E-state index in [9.17, 15) is 0 Å². The summed E-state index contributed by atoms with van der Waals surface area (Å²) >= 11 is 5.93. The largest absolute Gasteiger partial charge is 0.372 e. The Hall–Kier alpha value is -1.36. The van der Waals surface area contributed by atoms with Crippen LogP contribution in [0.5, 0.6) is 0 Å². The van der Waals surface area contributed by atoms with E-state index in [-0.39, 0.29) is 6.10 Å². The molecule has 2 atom stereocenters. The number of nitrogens with one attached hydrogen (secondary N) is 1. The second-order valence-electron chi connectivity index (χ2n) is 4.96. The fourth-order valence-electron chi connectivity index (χ4n) is 2.58. The van der Waals surface area contributed by atoms with E-state index in [2.05, 4.69) is 10.4 Å². The molecule has 1 aliphatic rings. The normalized spacial score (nSPS) is 22.2. The quantitative estimate of drug-likeness (QED) is 0.920. The highest BCUT2D eigenvalue weighted by Gasteiger charge is 2.28. The molecule has 0 radical (unpaired) electrons. The molecule has 0 amide bonds. The third kappa shape index (κ3) is 3.20. The van der Waals surface area contributed by atoms with E-state index in [4.69, 9.17) is 16.3 Å². The summed E-state index contributed by atoms with van der Waals surface area (Å²) in [6.45, 7) is 2.56. The predicted molar refractivity (Wildman–Crippen MR) is 78.8 cm³/mol. The van der Waals surface area contributed by atoms with Gasteiger partial charge in [0.25, 0.3) is 0 Å². The molecule has 3 rings (SSSR count). The van der Waals surface area contributed by atoms with Crippen LogP contribution in [0.15, 0.2) is 42.7 Å². The number of rotatable bonds is 5. The maximum Gasteiger partial charge on any atom is 0.0978 e. The maximum absolute atomic E-state index is 5.93. The molecule has 0 unspecified atom stereocenters. The lowest BCUT2D eigenvalue weighted by Crippen LogP contribution is -2.34. The van der Waals surface area contributed by atoms with Crippen molar-refractivity contribution < 1.29 is 4.74 Å². The lowest BCUT2D eigenvalue weighted by Gasteiger charge is -2.20. The molecule has 0 bridgehead atoms. The Morgan fingerprint density at radius 1 is 1.35 bits per heavy atom. The number of hydrogen-bond donors (Lipinski definition) is 1. The van der Waals surface area contributed by atoms with Crippen LogP contribution in [0.2, 0.25) is 5.02 Å². The molecule has 20 heavy (non-hydrogen) atoms. The van der Waals surface area contributed by atoms with Crippen molar-refractivity contribution in [2.45, 2.75) is 25.1 Å². The van der Waals surface area contributed by atoms with Crippen LogP contribution in [-0.4, -0.2) is 29.0 Å². The van der Waals surface area contributed by atoms with Gasteiger partial charge in [0.05, 0.1) is 12.6 Å². The fourth-order valence-corrected chi connectivity index (χ4v) is 2.70. The summed E-state index contributed by atoms with van der Waals surface area (Å²) in [6, 6.07) is 10.2. The zero-order valence-corrected chi connectivity index (χ0v) is 12.0. The van der Waals surface area contributed by atoms with Gasteiger partial charge in [-0.05, 0) is 30.2 Å². The number of aromatic nitrogens is 2. The Morgan fingerprint density at radius 2 is 2.20 bits per heavy atom. The van der Waals surface area contributed by atoms with Crippen molar-refractivity contribution in [3.05, 3.63) is 53.3 Å². The standard InChI is InChI=1S/C15H18ClN3O/c16-13-4-2-12(3-5-13)15-14(6-11-20-15)17-8-10-19-9-1-7-18-19/h1-5,7,9,14-15,17H,6,8,10-11H2/t14-,15-/m1/s1. The fraction of sp³-hybridized carbons (Fsp3) is 0.400. The SMILES string of the molecule is Clc1ccc([C@H]2OCC[C@H]2NCCn2cccn2)cc1. The first-order valence-corrected chi connectivity index (χ1v) is 7.28. The van der Waals surface area contributed by atoms with Gasteiger partial charge in [0, 0.05) is 36.6 Å². The third-order valence-electron chi connectivity index (χ3n) is 3.60. The minimum atomic E-state index is 0.116. The molecule has 0 aliphatic carbocycles. The van der Waals surface area contributed by atoms with Crippen LogP contribution in [-0.2, 0) is 11.3 Å². The highest BCUT2D eigenvalue weighted by molar-refractivity contribution is 6.30. The highest BCUT2D eigenvalue weighted by Crippen LogP contribution is 2.29. The summed E-state index contributed by atoms with van der Waals surface area (Å²) in [7, 11) is 0. The number of hydrogen-bond acceptors (Lipinski definition) is 3. The van der Waals surface area contributed by atoms with E-state index in [0.717, 1.165) is 31.1 Å². The Morgan fingerprint density at radius 3 is 2.95 bits per heavy atom. The van der Waals surface area contributed by atoms with Crippen molar-refractivity contribution in [1.29, 1.82) is 0 Å². The van der Waals surface area contributed by atoms with Crippen LogP contribution in [0.3, 0.4) is 0 Å². The average Bonchev–Trinajstić information content (AvgIpc) is 3.11. The van der Waals surface area contributed by atoms with Gasteiger partial charge in [-0.25, -0.2) is 0 Å². The smallest absolute Gasteiger partial charge is 0.0978 e. The van der Waals surface area contributed by atoms with E-state index >= 15 is 0 Å². The molecule has 4 nitrogen and oxygen atoms in total. The van der Waals surface area contributed by atoms with Crippen LogP contribution < -0.4 is 5.32 Å². The van der Waals surface area contributed by atoms with Gasteiger partial charge in [-0.1, -0.05) is 23.7 Å².